The molecular formula is C17H14Cl2N2O4S. The lowest BCUT2D eigenvalue weighted by molar-refractivity contribution is 0.0977. The average molecular weight is 413 g/mol. The van der Waals surface area contributed by atoms with E-state index in [1.54, 1.807) is 18.2 Å². The fourth-order valence-electron chi connectivity index (χ4n) is 2.34. The van der Waals surface area contributed by atoms with Crippen molar-refractivity contribution < 1.29 is 19.0 Å². The fourth-order valence-corrected chi connectivity index (χ4v) is 3.20. The molecular weight excluding hydrogens is 399 g/mol. The molecule has 0 aromatic heterocycles. The Morgan fingerprint density at radius 1 is 1.12 bits per heavy atom. The van der Waals surface area contributed by atoms with Crippen molar-refractivity contribution in [1.29, 1.82) is 0 Å². The first-order valence-corrected chi connectivity index (χ1v) is 8.69. The molecule has 2 aromatic rings. The molecule has 0 spiro atoms. The minimum atomic E-state index is -0.452. The van der Waals surface area contributed by atoms with Crippen molar-refractivity contribution in [3.63, 3.8) is 0 Å². The number of nitrogens with one attached hydrogen (secondary N) is 2. The van der Waals surface area contributed by atoms with E-state index in [1.807, 2.05) is 0 Å². The number of benzene rings is 2. The molecule has 1 aliphatic heterocycles. The van der Waals surface area contributed by atoms with Gasteiger partial charge >= 0.3 is 0 Å². The van der Waals surface area contributed by atoms with Crippen LogP contribution in [0.15, 0.2) is 30.3 Å². The number of methoxy groups -OCH3 is 1. The zero-order valence-corrected chi connectivity index (χ0v) is 15.9. The van der Waals surface area contributed by atoms with Crippen molar-refractivity contribution in [3.05, 3.63) is 45.9 Å². The van der Waals surface area contributed by atoms with Gasteiger partial charge in [-0.15, -0.1) is 0 Å². The maximum atomic E-state index is 12.3. The topological polar surface area (TPSA) is 68.8 Å². The number of carbonyl (C=O) groups is 1. The van der Waals surface area contributed by atoms with Crippen molar-refractivity contribution in [2.45, 2.75) is 0 Å². The van der Waals surface area contributed by atoms with Gasteiger partial charge in [-0.1, -0.05) is 23.2 Å². The number of anilines is 1. The Balaban J connectivity index is 1.67. The SMILES string of the molecule is COc1c(Cl)cc(C(=O)NC(=S)Nc2ccc3c(c2)OCCO3)cc1Cl. The van der Waals surface area contributed by atoms with E-state index in [9.17, 15) is 4.79 Å². The summed E-state index contributed by atoms with van der Waals surface area (Å²) in [6.45, 7) is 0.998. The Hall–Kier alpha value is -2.22. The number of carbonyl (C=O) groups excluding carboxylic acids is 1. The third-order valence-corrected chi connectivity index (χ3v) is 4.26. The molecule has 1 aliphatic rings. The highest BCUT2D eigenvalue weighted by Gasteiger charge is 2.16. The van der Waals surface area contributed by atoms with Gasteiger partial charge in [0.1, 0.15) is 13.2 Å². The van der Waals surface area contributed by atoms with E-state index in [-0.39, 0.29) is 20.7 Å². The molecule has 1 amide bonds. The van der Waals surface area contributed by atoms with Crippen LogP contribution in [0.4, 0.5) is 5.69 Å². The van der Waals surface area contributed by atoms with Crippen LogP contribution >= 0.6 is 35.4 Å². The van der Waals surface area contributed by atoms with Crippen molar-refractivity contribution >= 4 is 52.1 Å². The molecule has 6 nitrogen and oxygen atoms in total. The predicted octanol–water partition coefficient (Wildman–Crippen LogP) is 3.90. The Kier molecular flexibility index (Phi) is 5.70. The summed E-state index contributed by atoms with van der Waals surface area (Å²) in [6.07, 6.45) is 0. The van der Waals surface area contributed by atoms with Gasteiger partial charge in [0.2, 0.25) is 0 Å². The molecule has 1 heterocycles. The van der Waals surface area contributed by atoms with Gasteiger partial charge in [0.15, 0.2) is 22.4 Å². The standard InChI is InChI=1S/C17H14Cl2N2O4S/c1-23-15-11(18)6-9(7-12(15)19)16(22)21-17(26)20-10-2-3-13-14(8-10)25-5-4-24-13/h2-3,6-8H,4-5H2,1H3,(H2,20,21,22,26). The van der Waals surface area contributed by atoms with Crippen LogP contribution in [0.3, 0.4) is 0 Å². The van der Waals surface area contributed by atoms with Crippen LogP contribution in [-0.4, -0.2) is 31.3 Å². The Morgan fingerprint density at radius 2 is 1.77 bits per heavy atom. The second-order valence-corrected chi connectivity index (χ2v) is 6.46. The van der Waals surface area contributed by atoms with Gasteiger partial charge in [-0.3, -0.25) is 10.1 Å². The smallest absolute Gasteiger partial charge is 0.257 e. The number of thiocarbonyl (C=S) groups is 1. The third kappa shape index (κ3) is 4.12. The molecule has 0 bridgehead atoms. The van der Waals surface area contributed by atoms with Gasteiger partial charge in [0.05, 0.1) is 17.2 Å². The molecule has 0 aliphatic carbocycles. The number of hydrogen-bond acceptors (Lipinski definition) is 5. The van der Waals surface area contributed by atoms with Gasteiger partial charge in [-0.2, -0.15) is 0 Å². The molecule has 0 saturated heterocycles. The van der Waals surface area contributed by atoms with Crippen LogP contribution in [-0.2, 0) is 0 Å². The lowest BCUT2D eigenvalue weighted by atomic mass is 10.2. The van der Waals surface area contributed by atoms with Gasteiger partial charge in [-0.25, -0.2) is 0 Å². The molecule has 136 valence electrons. The van der Waals surface area contributed by atoms with E-state index in [1.165, 1.54) is 19.2 Å². The molecule has 9 heteroatoms. The number of ether oxygens (including phenoxy) is 3. The van der Waals surface area contributed by atoms with E-state index in [4.69, 9.17) is 49.6 Å². The van der Waals surface area contributed by atoms with Gasteiger partial charge in [0, 0.05) is 17.3 Å². The second-order valence-electron chi connectivity index (χ2n) is 5.24. The number of halogens is 2. The minimum Gasteiger partial charge on any atom is -0.494 e. The van der Waals surface area contributed by atoms with Crippen molar-refractivity contribution in [1.82, 2.24) is 5.32 Å². The quantitative estimate of drug-likeness (QED) is 0.744. The van der Waals surface area contributed by atoms with Gasteiger partial charge in [0.25, 0.3) is 5.91 Å². The summed E-state index contributed by atoms with van der Waals surface area (Å²) < 4.78 is 16.0. The van der Waals surface area contributed by atoms with E-state index in [0.29, 0.717) is 36.1 Å². The Bertz CT molecular complexity index is 853. The summed E-state index contributed by atoms with van der Waals surface area (Å²) in [4.78, 5) is 12.3. The van der Waals surface area contributed by atoms with Crippen LogP contribution in [0.2, 0.25) is 10.0 Å². The van der Waals surface area contributed by atoms with Crippen molar-refractivity contribution in [2.75, 3.05) is 25.6 Å². The molecule has 0 fully saturated rings. The van der Waals surface area contributed by atoms with E-state index >= 15 is 0 Å². The average Bonchev–Trinajstić information content (AvgIpc) is 2.61. The molecule has 0 atom stereocenters. The summed E-state index contributed by atoms with van der Waals surface area (Å²) >= 11 is 17.3. The summed E-state index contributed by atoms with van der Waals surface area (Å²) in [5.74, 6) is 1.14. The second kappa shape index (κ2) is 7.99. The monoisotopic (exact) mass is 412 g/mol. The van der Waals surface area contributed by atoms with Crippen LogP contribution in [0.5, 0.6) is 17.2 Å². The largest absolute Gasteiger partial charge is 0.494 e. The maximum Gasteiger partial charge on any atom is 0.257 e. The first-order chi connectivity index (χ1) is 12.5. The molecule has 0 unspecified atom stereocenters. The van der Waals surface area contributed by atoms with Gasteiger partial charge in [-0.05, 0) is 36.5 Å². The first-order valence-electron chi connectivity index (χ1n) is 7.53. The summed E-state index contributed by atoms with van der Waals surface area (Å²) in [5, 5.41) is 6.07. The normalized spacial score (nSPS) is 12.3. The number of fused-ring (bicyclic) bond motifs is 1. The first kappa shape index (κ1) is 18.6. The highest BCUT2D eigenvalue weighted by atomic mass is 35.5. The predicted molar refractivity (Wildman–Crippen MR) is 104 cm³/mol. The molecule has 0 saturated carbocycles. The number of amides is 1. The molecule has 0 radical (unpaired) electrons. The summed E-state index contributed by atoms with van der Waals surface area (Å²) in [7, 11) is 1.44. The molecule has 3 rings (SSSR count). The molecule has 2 N–H and O–H groups in total. The number of hydrogen-bond donors (Lipinski definition) is 2. The zero-order valence-electron chi connectivity index (χ0n) is 13.6. The van der Waals surface area contributed by atoms with E-state index in [2.05, 4.69) is 10.6 Å². The molecule has 2 aromatic carbocycles. The summed E-state index contributed by atoms with van der Waals surface area (Å²) in [5.41, 5.74) is 0.914. The fraction of sp³-hybridized carbons (Fsp3) is 0.176. The Labute approximate surface area is 165 Å². The Morgan fingerprint density at radius 3 is 2.42 bits per heavy atom. The van der Waals surface area contributed by atoms with E-state index < -0.39 is 5.91 Å². The molecule has 26 heavy (non-hydrogen) atoms. The minimum absolute atomic E-state index is 0.120. The van der Waals surface area contributed by atoms with Crippen molar-refractivity contribution in [2.24, 2.45) is 0 Å². The highest BCUT2D eigenvalue weighted by Crippen LogP contribution is 2.34. The van der Waals surface area contributed by atoms with Crippen LogP contribution in [0, 0.1) is 0 Å². The van der Waals surface area contributed by atoms with Crippen LogP contribution in [0.1, 0.15) is 10.4 Å². The third-order valence-electron chi connectivity index (χ3n) is 3.49. The van der Waals surface area contributed by atoms with Gasteiger partial charge < -0.3 is 19.5 Å². The lowest BCUT2D eigenvalue weighted by Gasteiger charge is -2.19. The van der Waals surface area contributed by atoms with Crippen LogP contribution < -0.4 is 24.8 Å². The van der Waals surface area contributed by atoms with Crippen molar-refractivity contribution in [3.8, 4) is 17.2 Å². The number of rotatable bonds is 3. The van der Waals surface area contributed by atoms with Crippen LogP contribution in [0.25, 0.3) is 0 Å². The van der Waals surface area contributed by atoms with E-state index in [0.717, 1.165) is 0 Å². The lowest BCUT2D eigenvalue weighted by Crippen LogP contribution is -2.34. The zero-order chi connectivity index (χ0) is 18.7. The highest BCUT2D eigenvalue weighted by molar-refractivity contribution is 7.80. The maximum absolute atomic E-state index is 12.3. The summed E-state index contributed by atoms with van der Waals surface area (Å²) in [6, 6.07) is 8.19.